The summed E-state index contributed by atoms with van der Waals surface area (Å²) < 4.78 is 5.18. The molecule has 0 spiro atoms. The third-order valence-electron chi connectivity index (χ3n) is 4.25. The molecule has 0 aliphatic carbocycles. The van der Waals surface area contributed by atoms with Crippen molar-refractivity contribution in [1.82, 2.24) is 0 Å². The Morgan fingerprint density at radius 1 is 0.739 bits per heavy atom. The lowest BCUT2D eigenvalue weighted by Crippen LogP contribution is -2.06. The molecule has 2 nitrogen and oxygen atoms in total. The van der Waals surface area contributed by atoms with Gasteiger partial charge in [-0.15, -0.1) is 0 Å². The van der Waals surface area contributed by atoms with Gasteiger partial charge in [0.15, 0.2) is 0 Å². The first kappa shape index (κ1) is 22.5. The van der Waals surface area contributed by atoms with Gasteiger partial charge >= 0.3 is 0 Å². The number of aliphatic hydroxyl groups excluding tert-OH is 1. The number of ether oxygens (including phenoxy) is 1. The molecular weight excluding hydrogens is 284 g/mol. The third kappa shape index (κ3) is 21.5. The SMILES string of the molecule is CCCCCCCCCCCCCCCC/C=C/OCC(C)O. The van der Waals surface area contributed by atoms with Crippen LogP contribution in [-0.2, 0) is 4.74 Å². The molecule has 0 aromatic carbocycles. The van der Waals surface area contributed by atoms with Crippen molar-refractivity contribution in [3.05, 3.63) is 12.3 Å². The molecule has 0 bridgehead atoms. The molecule has 0 saturated carbocycles. The minimum atomic E-state index is -0.374. The molecule has 0 saturated heterocycles. The van der Waals surface area contributed by atoms with E-state index >= 15 is 0 Å². The maximum atomic E-state index is 9.03. The van der Waals surface area contributed by atoms with Gasteiger partial charge in [-0.3, -0.25) is 0 Å². The first-order chi connectivity index (χ1) is 11.3. The zero-order valence-electron chi connectivity index (χ0n) is 15.9. The second kappa shape index (κ2) is 19.5. The molecule has 0 aromatic heterocycles. The summed E-state index contributed by atoms with van der Waals surface area (Å²) in [5, 5.41) is 9.03. The van der Waals surface area contributed by atoms with Gasteiger partial charge in [0.1, 0.15) is 6.61 Å². The Hall–Kier alpha value is -0.500. The van der Waals surface area contributed by atoms with Gasteiger partial charge in [-0.05, 0) is 25.8 Å². The van der Waals surface area contributed by atoms with Gasteiger partial charge in [-0.2, -0.15) is 0 Å². The summed E-state index contributed by atoms with van der Waals surface area (Å²) in [6.07, 6.45) is 24.2. The fraction of sp³-hybridized carbons (Fsp3) is 0.905. The molecule has 0 amide bonds. The molecule has 0 fully saturated rings. The van der Waals surface area contributed by atoms with Gasteiger partial charge in [0, 0.05) is 0 Å². The summed E-state index contributed by atoms with van der Waals surface area (Å²) in [6, 6.07) is 0. The summed E-state index contributed by atoms with van der Waals surface area (Å²) in [5.74, 6) is 0. The lowest BCUT2D eigenvalue weighted by molar-refractivity contribution is 0.0973. The van der Waals surface area contributed by atoms with Crippen LogP contribution in [0, 0.1) is 0 Å². The largest absolute Gasteiger partial charge is 0.499 e. The highest BCUT2D eigenvalue weighted by atomic mass is 16.5. The van der Waals surface area contributed by atoms with Crippen LogP contribution in [0.4, 0.5) is 0 Å². The predicted molar refractivity (Wildman–Crippen MR) is 102 cm³/mol. The minimum absolute atomic E-state index is 0.374. The summed E-state index contributed by atoms with van der Waals surface area (Å²) in [6.45, 7) is 4.42. The Morgan fingerprint density at radius 2 is 1.17 bits per heavy atom. The van der Waals surface area contributed by atoms with Crippen LogP contribution in [0.1, 0.15) is 110 Å². The molecule has 0 radical (unpaired) electrons. The van der Waals surface area contributed by atoms with E-state index in [0.717, 1.165) is 6.42 Å². The van der Waals surface area contributed by atoms with Gasteiger partial charge in [0.2, 0.25) is 0 Å². The Labute approximate surface area is 145 Å². The smallest absolute Gasteiger partial charge is 0.113 e. The number of hydrogen-bond acceptors (Lipinski definition) is 2. The number of hydrogen-bond donors (Lipinski definition) is 1. The highest BCUT2D eigenvalue weighted by Crippen LogP contribution is 2.13. The van der Waals surface area contributed by atoms with Crippen molar-refractivity contribution in [2.24, 2.45) is 0 Å². The maximum absolute atomic E-state index is 9.03. The Bertz CT molecular complexity index is 236. The fourth-order valence-corrected chi connectivity index (χ4v) is 2.79. The van der Waals surface area contributed by atoms with Gasteiger partial charge in [0.05, 0.1) is 12.4 Å². The van der Waals surface area contributed by atoms with E-state index in [1.54, 1.807) is 13.2 Å². The molecule has 138 valence electrons. The zero-order chi connectivity index (χ0) is 17.0. The van der Waals surface area contributed by atoms with Crippen molar-refractivity contribution in [2.75, 3.05) is 6.61 Å². The van der Waals surface area contributed by atoms with Crippen molar-refractivity contribution >= 4 is 0 Å². The molecule has 0 aliphatic rings. The Balaban J connectivity index is 3.02. The van der Waals surface area contributed by atoms with E-state index in [1.165, 1.54) is 89.9 Å². The predicted octanol–water partition coefficient (Wildman–Crippen LogP) is 6.77. The third-order valence-corrected chi connectivity index (χ3v) is 4.25. The van der Waals surface area contributed by atoms with Crippen LogP contribution >= 0.6 is 0 Å². The average molecular weight is 327 g/mol. The topological polar surface area (TPSA) is 29.5 Å². The molecule has 1 N–H and O–H groups in total. The highest BCUT2D eigenvalue weighted by Gasteiger charge is 1.94. The highest BCUT2D eigenvalue weighted by molar-refractivity contribution is 4.73. The first-order valence-corrected chi connectivity index (χ1v) is 10.2. The standard InChI is InChI=1S/C21H42O2/c1-3-4-5-6-7-8-9-10-11-12-13-14-15-16-17-18-19-23-20-21(2)22/h18-19,21-22H,3-17,20H2,1-2H3/b19-18+. The maximum Gasteiger partial charge on any atom is 0.113 e. The van der Waals surface area contributed by atoms with Crippen LogP contribution in [0.15, 0.2) is 12.3 Å². The quantitative estimate of drug-likeness (QED) is 0.222. The molecule has 0 heterocycles. The Morgan fingerprint density at radius 3 is 1.61 bits per heavy atom. The van der Waals surface area contributed by atoms with Crippen molar-refractivity contribution in [3.63, 3.8) is 0 Å². The van der Waals surface area contributed by atoms with Crippen molar-refractivity contribution in [3.8, 4) is 0 Å². The molecule has 0 rings (SSSR count). The van der Waals surface area contributed by atoms with Gasteiger partial charge in [-0.1, -0.05) is 90.4 Å². The van der Waals surface area contributed by atoms with E-state index in [9.17, 15) is 0 Å². The monoisotopic (exact) mass is 326 g/mol. The van der Waals surface area contributed by atoms with Crippen molar-refractivity contribution in [2.45, 2.75) is 116 Å². The van der Waals surface area contributed by atoms with Crippen LogP contribution in [0.25, 0.3) is 0 Å². The van der Waals surface area contributed by atoms with Crippen molar-refractivity contribution in [1.29, 1.82) is 0 Å². The average Bonchev–Trinajstić information content (AvgIpc) is 2.53. The molecule has 0 aromatic rings. The molecular formula is C21H42O2. The van der Waals surface area contributed by atoms with Crippen LogP contribution in [0.2, 0.25) is 0 Å². The lowest BCUT2D eigenvalue weighted by Gasteiger charge is -2.03. The van der Waals surface area contributed by atoms with Crippen LogP contribution in [0.5, 0.6) is 0 Å². The van der Waals surface area contributed by atoms with E-state index in [4.69, 9.17) is 9.84 Å². The molecule has 1 atom stereocenters. The molecule has 23 heavy (non-hydrogen) atoms. The Kier molecular flexibility index (Phi) is 19.1. The van der Waals surface area contributed by atoms with Gasteiger partial charge < -0.3 is 9.84 Å². The normalized spacial score (nSPS) is 12.8. The van der Waals surface area contributed by atoms with Crippen molar-refractivity contribution < 1.29 is 9.84 Å². The van der Waals surface area contributed by atoms with E-state index < -0.39 is 0 Å². The fourth-order valence-electron chi connectivity index (χ4n) is 2.79. The summed E-state index contributed by atoms with van der Waals surface area (Å²) in [4.78, 5) is 0. The number of allylic oxidation sites excluding steroid dienone is 1. The van der Waals surface area contributed by atoms with Gasteiger partial charge in [-0.25, -0.2) is 0 Å². The number of aliphatic hydroxyl groups is 1. The summed E-state index contributed by atoms with van der Waals surface area (Å²) in [5.41, 5.74) is 0. The number of rotatable bonds is 18. The first-order valence-electron chi connectivity index (χ1n) is 10.2. The summed E-state index contributed by atoms with van der Waals surface area (Å²) >= 11 is 0. The van der Waals surface area contributed by atoms with E-state index in [2.05, 4.69) is 13.0 Å². The van der Waals surface area contributed by atoms with Crippen LogP contribution in [-0.4, -0.2) is 17.8 Å². The molecule has 1 unspecified atom stereocenters. The van der Waals surface area contributed by atoms with E-state index in [-0.39, 0.29) is 6.10 Å². The second-order valence-corrected chi connectivity index (χ2v) is 6.94. The summed E-state index contributed by atoms with van der Waals surface area (Å²) in [7, 11) is 0. The zero-order valence-corrected chi connectivity index (χ0v) is 15.9. The molecule has 2 heteroatoms. The van der Waals surface area contributed by atoms with Crippen LogP contribution in [0.3, 0.4) is 0 Å². The van der Waals surface area contributed by atoms with E-state index in [1.807, 2.05) is 0 Å². The number of unbranched alkanes of at least 4 members (excludes halogenated alkanes) is 14. The minimum Gasteiger partial charge on any atom is -0.499 e. The lowest BCUT2D eigenvalue weighted by atomic mass is 10.0. The van der Waals surface area contributed by atoms with Crippen LogP contribution < -0.4 is 0 Å². The van der Waals surface area contributed by atoms with E-state index in [0.29, 0.717) is 6.61 Å². The molecule has 0 aliphatic heterocycles. The van der Waals surface area contributed by atoms with Gasteiger partial charge in [0.25, 0.3) is 0 Å². The second-order valence-electron chi connectivity index (χ2n) is 6.94.